The molecule has 4 nitrogen and oxygen atoms in total. The Morgan fingerprint density at radius 1 is 1.44 bits per heavy atom. The molecule has 0 saturated carbocycles. The Labute approximate surface area is 103 Å². The molecule has 16 heavy (non-hydrogen) atoms. The Balaban J connectivity index is 1.60. The van der Waals surface area contributed by atoms with Gasteiger partial charge in [-0.1, -0.05) is 0 Å². The van der Waals surface area contributed by atoms with E-state index in [4.69, 9.17) is 4.74 Å². The first kappa shape index (κ1) is 10.6. The van der Waals surface area contributed by atoms with Crippen molar-refractivity contribution in [2.45, 2.75) is 12.5 Å². The minimum Gasteiger partial charge on any atom is -0.474 e. The third-order valence-electron chi connectivity index (χ3n) is 3.72. The van der Waals surface area contributed by atoms with Crippen molar-refractivity contribution in [3.63, 3.8) is 0 Å². The van der Waals surface area contributed by atoms with Crippen LogP contribution in [0.15, 0.2) is 10.7 Å². The van der Waals surface area contributed by atoms with Crippen LogP contribution in [0.3, 0.4) is 0 Å². The molecule has 0 radical (unpaired) electrons. The highest BCUT2D eigenvalue weighted by Crippen LogP contribution is 2.29. The molecular weight excluding hydrogens is 272 g/mol. The van der Waals surface area contributed by atoms with Crippen LogP contribution in [-0.4, -0.2) is 43.1 Å². The molecule has 5 heteroatoms. The molecule has 3 rings (SSSR count). The van der Waals surface area contributed by atoms with E-state index in [9.17, 15) is 4.79 Å². The lowest BCUT2D eigenvalue weighted by molar-refractivity contribution is -0.138. The van der Waals surface area contributed by atoms with Gasteiger partial charge in [-0.2, -0.15) is 0 Å². The van der Waals surface area contributed by atoms with E-state index in [-0.39, 0.29) is 12.0 Å². The number of carbonyl (C=O) groups excluding carboxylic acids is 1. The van der Waals surface area contributed by atoms with Crippen LogP contribution in [0, 0.1) is 11.8 Å². The van der Waals surface area contributed by atoms with E-state index in [1.165, 1.54) is 0 Å². The van der Waals surface area contributed by atoms with Crippen LogP contribution in [0.25, 0.3) is 0 Å². The Morgan fingerprint density at radius 2 is 2.12 bits per heavy atom. The smallest absolute Gasteiger partial charge is 0.264 e. The van der Waals surface area contributed by atoms with Crippen LogP contribution in [0.2, 0.25) is 0 Å². The second-order valence-electron chi connectivity index (χ2n) is 4.77. The summed E-state index contributed by atoms with van der Waals surface area (Å²) in [5.74, 6) is 1.46. The lowest BCUT2D eigenvalue weighted by Gasteiger charge is -2.21. The van der Waals surface area contributed by atoms with Crippen LogP contribution >= 0.6 is 15.9 Å². The first-order chi connectivity index (χ1) is 7.74. The molecule has 0 bridgehead atoms. The van der Waals surface area contributed by atoms with Crippen molar-refractivity contribution >= 4 is 21.8 Å². The number of likely N-dealkylation sites (tertiary alicyclic amines) is 1. The highest BCUT2D eigenvalue weighted by atomic mass is 79.9. The van der Waals surface area contributed by atoms with E-state index in [0.29, 0.717) is 22.9 Å². The fourth-order valence-corrected chi connectivity index (χ4v) is 3.23. The van der Waals surface area contributed by atoms with Crippen LogP contribution < -0.4 is 5.32 Å². The van der Waals surface area contributed by atoms with Gasteiger partial charge in [0.05, 0.1) is 0 Å². The lowest BCUT2D eigenvalue weighted by atomic mass is 10.0. The molecular formula is C11H15BrN2O2. The number of carbonyl (C=O) groups is 1. The van der Waals surface area contributed by atoms with Gasteiger partial charge in [-0.25, -0.2) is 0 Å². The van der Waals surface area contributed by atoms with E-state index in [2.05, 4.69) is 21.2 Å². The van der Waals surface area contributed by atoms with Gasteiger partial charge in [0.15, 0.2) is 10.8 Å². The Morgan fingerprint density at radius 3 is 2.69 bits per heavy atom. The highest BCUT2D eigenvalue weighted by Gasteiger charge is 2.40. The van der Waals surface area contributed by atoms with Crippen LogP contribution in [0.4, 0.5) is 0 Å². The third-order valence-corrected chi connectivity index (χ3v) is 4.23. The summed E-state index contributed by atoms with van der Waals surface area (Å²) in [7, 11) is 0. The summed E-state index contributed by atoms with van der Waals surface area (Å²) >= 11 is 3.26. The number of nitrogens with zero attached hydrogens (tertiary/aromatic N) is 1. The summed E-state index contributed by atoms with van der Waals surface area (Å²) in [5.41, 5.74) is 0. The van der Waals surface area contributed by atoms with Crippen molar-refractivity contribution in [1.29, 1.82) is 0 Å². The maximum Gasteiger partial charge on any atom is 0.264 e. The SMILES string of the molecule is O=C(C1CC=C(Br)O1)N1CC2CNCC2C1. The van der Waals surface area contributed by atoms with Gasteiger partial charge in [-0.3, -0.25) is 4.79 Å². The van der Waals surface area contributed by atoms with Gasteiger partial charge in [0, 0.05) is 32.6 Å². The van der Waals surface area contributed by atoms with Gasteiger partial charge < -0.3 is 15.0 Å². The van der Waals surface area contributed by atoms with Gasteiger partial charge in [-0.05, 0) is 33.8 Å². The zero-order valence-corrected chi connectivity index (χ0v) is 10.6. The molecule has 0 aromatic carbocycles. The molecule has 1 amide bonds. The fraction of sp³-hybridized carbons (Fsp3) is 0.727. The van der Waals surface area contributed by atoms with Crippen LogP contribution in [-0.2, 0) is 9.53 Å². The zero-order valence-electron chi connectivity index (χ0n) is 8.99. The maximum absolute atomic E-state index is 12.2. The number of rotatable bonds is 1. The quantitative estimate of drug-likeness (QED) is 0.771. The second-order valence-corrected chi connectivity index (χ2v) is 5.55. The Bertz CT molecular complexity index is 333. The predicted molar refractivity (Wildman–Crippen MR) is 62.9 cm³/mol. The number of hydrogen-bond donors (Lipinski definition) is 1. The van der Waals surface area contributed by atoms with E-state index in [1.807, 2.05) is 11.0 Å². The van der Waals surface area contributed by atoms with E-state index >= 15 is 0 Å². The van der Waals surface area contributed by atoms with Gasteiger partial charge >= 0.3 is 0 Å². The molecule has 0 aromatic rings. The Kier molecular flexibility index (Phi) is 2.67. The number of hydrogen-bond acceptors (Lipinski definition) is 3. The summed E-state index contributed by atoms with van der Waals surface area (Å²) in [5, 5.41) is 3.37. The molecule has 88 valence electrons. The standard InChI is InChI=1S/C11H15BrN2O2/c12-10-2-1-9(16-10)11(15)14-5-7-3-13-4-8(7)6-14/h2,7-9,13H,1,3-6H2. The molecule has 0 spiro atoms. The fourth-order valence-electron chi connectivity index (χ4n) is 2.82. The number of amides is 1. The summed E-state index contributed by atoms with van der Waals surface area (Å²) in [6.07, 6.45) is 2.33. The molecule has 1 N–H and O–H groups in total. The molecule has 3 heterocycles. The summed E-state index contributed by atoms with van der Waals surface area (Å²) in [6.45, 7) is 3.91. The van der Waals surface area contributed by atoms with Crippen LogP contribution in [0.1, 0.15) is 6.42 Å². The van der Waals surface area contributed by atoms with E-state index in [0.717, 1.165) is 26.2 Å². The third kappa shape index (κ3) is 1.76. The molecule has 2 saturated heterocycles. The average molecular weight is 287 g/mol. The minimum atomic E-state index is -0.291. The Hall–Kier alpha value is -0.550. The molecule has 3 aliphatic rings. The van der Waals surface area contributed by atoms with Gasteiger partial charge in [0.2, 0.25) is 0 Å². The largest absolute Gasteiger partial charge is 0.474 e. The van der Waals surface area contributed by atoms with E-state index < -0.39 is 0 Å². The van der Waals surface area contributed by atoms with Gasteiger partial charge in [-0.15, -0.1) is 0 Å². The van der Waals surface area contributed by atoms with Crippen molar-refractivity contribution in [3.05, 3.63) is 10.7 Å². The van der Waals surface area contributed by atoms with Crippen molar-refractivity contribution in [2.24, 2.45) is 11.8 Å². The minimum absolute atomic E-state index is 0.153. The number of ether oxygens (including phenoxy) is 1. The summed E-state index contributed by atoms with van der Waals surface area (Å²) in [4.78, 5) is 14.1. The van der Waals surface area contributed by atoms with Crippen molar-refractivity contribution in [3.8, 4) is 0 Å². The first-order valence-corrected chi connectivity index (χ1v) is 6.55. The molecule has 0 aliphatic carbocycles. The van der Waals surface area contributed by atoms with Crippen molar-refractivity contribution in [2.75, 3.05) is 26.2 Å². The van der Waals surface area contributed by atoms with Gasteiger partial charge in [0.1, 0.15) is 0 Å². The zero-order chi connectivity index (χ0) is 11.1. The summed E-state index contributed by atoms with van der Waals surface area (Å²) < 4.78 is 6.13. The number of nitrogens with one attached hydrogen (secondary N) is 1. The molecule has 3 atom stereocenters. The molecule has 2 fully saturated rings. The highest BCUT2D eigenvalue weighted by molar-refractivity contribution is 9.11. The maximum atomic E-state index is 12.2. The van der Waals surface area contributed by atoms with Crippen LogP contribution in [0.5, 0.6) is 0 Å². The second kappa shape index (κ2) is 4.04. The summed E-state index contributed by atoms with van der Waals surface area (Å²) in [6, 6.07) is 0. The average Bonchev–Trinajstić information content (AvgIpc) is 2.89. The molecule has 3 unspecified atom stereocenters. The van der Waals surface area contributed by atoms with E-state index in [1.54, 1.807) is 0 Å². The van der Waals surface area contributed by atoms with Crippen molar-refractivity contribution in [1.82, 2.24) is 10.2 Å². The van der Waals surface area contributed by atoms with Gasteiger partial charge in [0.25, 0.3) is 5.91 Å². The molecule has 0 aromatic heterocycles. The normalized spacial score (nSPS) is 37.2. The first-order valence-electron chi connectivity index (χ1n) is 5.76. The molecule has 3 aliphatic heterocycles. The lowest BCUT2D eigenvalue weighted by Crippen LogP contribution is -2.39. The monoisotopic (exact) mass is 286 g/mol. The number of fused-ring (bicyclic) bond motifs is 1. The van der Waals surface area contributed by atoms with Crippen molar-refractivity contribution < 1.29 is 9.53 Å². The topological polar surface area (TPSA) is 41.6 Å². The predicted octanol–water partition coefficient (Wildman–Crippen LogP) is 0.689. The number of halogens is 1.